The van der Waals surface area contributed by atoms with Gasteiger partial charge in [-0.15, -0.1) is 0 Å². The maximum Gasteiger partial charge on any atom is 0.0978 e. The van der Waals surface area contributed by atoms with E-state index in [0.717, 1.165) is 6.42 Å². The van der Waals surface area contributed by atoms with Crippen LogP contribution in [0.1, 0.15) is 58.3 Å². The van der Waals surface area contributed by atoms with E-state index in [4.69, 9.17) is 4.74 Å². The molecule has 1 heteroatoms. The first kappa shape index (κ1) is 13.5. The summed E-state index contributed by atoms with van der Waals surface area (Å²) in [6, 6.07) is 0. The smallest absolute Gasteiger partial charge is 0.0978 e. The lowest BCUT2D eigenvalue weighted by Gasteiger charge is -2.27. The summed E-state index contributed by atoms with van der Waals surface area (Å²) in [6.07, 6.45) is 23.7. The highest BCUT2D eigenvalue weighted by molar-refractivity contribution is 5.22. The molecular weight excluding hydrogens is 220 g/mol. The molecule has 2 aliphatic rings. The Morgan fingerprint density at radius 3 is 2.78 bits per heavy atom. The molecule has 100 valence electrons. The number of hydrogen-bond donors (Lipinski definition) is 0. The van der Waals surface area contributed by atoms with E-state index < -0.39 is 0 Å². The average molecular weight is 246 g/mol. The third-order valence-electron chi connectivity index (χ3n) is 4.14. The van der Waals surface area contributed by atoms with Gasteiger partial charge in [0.25, 0.3) is 0 Å². The van der Waals surface area contributed by atoms with Crippen molar-refractivity contribution in [2.45, 2.75) is 64.4 Å². The predicted molar refractivity (Wildman–Crippen MR) is 77.3 cm³/mol. The van der Waals surface area contributed by atoms with Crippen molar-refractivity contribution in [3.8, 4) is 0 Å². The van der Waals surface area contributed by atoms with Gasteiger partial charge in [-0.05, 0) is 44.6 Å². The SMILES string of the molecule is CCCCC1(C=COC2CCCC2)C=CC=CC1. The van der Waals surface area contributed by atoms with Crippen LogP contribution in [0.5, 0.6) is 0 Å². The first-order chi connectivity index (χ1) is 8.85. The summed E-state index contributed by atoms with van der Waals surface area (Å²) in [6.45, 7) is 2.26. The first-order valence-electron chi connectivity index (χ1n) is 7.52. The molecule has 0 spiro atoms. The third-order valence-corrected chi connectivity index (χ3v) is 4.14. The molecular formula is C17H26O. The second-order valence-corrected chi connectivity index (χ2v) is 5.67. The quantitative estimate of drug-likeness (QED) is 0.589. The summed E-state index contributed by atoms with van der Waals surface area (Å²) in [4.78, 5) is 0. The summed E-state index contributed by atoms with van der Waals surface area (Å²) >= 11 is 0. The van der Waals surface area contributed by atoms with Crippen LogP contribution >= 0.6 is 0 Å². The van der Waals surface area contributed by atoms with E-state index >= 15 is 0 Å². The molecule has 1 fully saturated rings. The van der Waals surface area contributed by atoms with Crippen molar-refractivity contribution in [1.29, 1.82) is 0 Å². The Morgan fingerprint density at radius 1 is 1.28 bits per heavy atom. The molecule has 2 aliphatic carbocycles. The summed E-state index contributed by atoms with van der Waals surface area (Å²) in [5.74, 6) is 0. The van der Waals surface area contributed by atoms with Gasteiger partial charge in [0, 0.05) is 5.41 Å². The van der Waals surface area contributed by atoms with Crippen LogP contribution in [0.25, 0.3) is 0 Å². The Morgan fingerprint density at radius 2 is 2.11 bits per heavy atom. The fourth-order valence-electron chi connectivity index (χ4n) is 2.89. The zero-order valence-electron chi connectivity index (χ0n) is 11.6. The van der Waals surface area contributed by atoms with E-state index in [9.17, 15) is 0 Å². The minimum Gasteiger partial charge on any atom is -0.498 e. The van der Waals surface area contributed by atoms with E-state index in [1.807, 2.05) is 6.26 Å². The molecule has 0 N–H and O–H groups in total. The van der Waals surface area contributed by atoms with E-state index in [0.29, 0.717) is 6.10 Å². The van der Waals surface area contributed by atoms with Gasteiger partial charge in [0.2, 0.25) is 0 Å². The normalized spacial score (nSPS) is 28.3. The number of hydrogen-bond acceptors (Lipinski definition) is 1. The van der Waals surface area contributed by atoms with Crippen LogP contribution in [-0.4, -0.2) is 6.10 Å². The predicted octanol–water partition coefficient (Wildman–Crippen LogP) is 5.15. The molecule has 1 nitrogen and oxygen atoms in total. The first-order valence-corrected chi connectivity index (χ1v) is 7.52. The molecule has 0 aromatic carbocycles. The van der Waals surface area contributed by atoms with Crippen LogP contribution in [0.4, 0.5) is 0 Å². The zero-order chi connectivity index (χ0) is 12.7. The van der Waals surface area contributed by atoms with Crippen LogP contribution in [0.15, 0.2) is 36.6 Å². The number of allylic oxidation sites excluding steroid dienone is 5. The summed E-state index contributed by atoms with van der Waals surface area (Å²) in [5.41, 5.74) is 0.212. The Hall–Kier alpha value is -0.980. The molecule has 0 bridgehead atoms. The maximum absolute atomic E-state index is 5.87. The van der Waals surface area contributed by atoms with E-state index in [2.05, 4.69) is 37.3 Å². The molecule has 1 atom stereocenters. The minimum absolute atomic E-state index is 0.212. The molecule has 0 aromatic heterocycles. The van der Waals surface area contributed by atoms with Gasteiger partial charge < -0.3 is 4.74 Å². The van der Waals surface area contributed by atoms with Crippen molar-refractivity contribution < 1.29 is 4.74 Å². The van der Waals surface area contributed by atoms with Crippen molar-refractivity contribution in [3.05, 3.63) is 36.6 Å². The van der Waals surface area contributed by atoms with Crippen LogP contribution in [-0.2, 0) is 4.74 Å². The van der Waals surface area contributed by atoms with Gasteiger partial charge in [0.05, 0.1) is 12.4 Å². The Labute approximate surface area is 112 Å². The topological polar surface area (TPSA) is 9.23 Å². The standard InChI is InChI=1S/C17H26O/c1-2-3-11-17(12-7-4-8-13-17)14-15-18-16-9-5-6-10-16/h4,7-8,12,14-16H,2-3,5-6,9-11,13H2,1H3. The molecule has 0 radical (unpaired) electrons. The lowest BCUT2D eigenvalue weighted by molar-refractivity contribution is 0.148. The van der Waals surface area contributed by atoms with Gasteiger partial charge in [-0.25, -0.2) is 0 Å². The van der Waals surface area contributed by atoms with Gasteiger partial charge in [-0.1, -0.05) is 44.1 Å². The highest BCUT2D eigenvalue weighted by Crippen LogP contribution is 2.35. The highest BCUT2D eigenvalue weighted by Gasteiger charge is 2.23. The highest BCUT2D eigenvalue weighted by atomic mass is 16.5. The van der Waals surface area contributed by atoms with Crippen molar-refractivity contribution in [1.82, 2.24) is 0 Å². The lowest BCUT2D eigenvalue weighted by atomic mass is 9.77. The Kier molecular flexibility index (Phi) is 5.10. The molecule has 2 rings (SSSR count). The van der Waals surface area contributed by atoms with Crippen LogP contribution in [0, 0.1) is 5.41 Å². The van der Waals surface area contributed by atoms with Gasteiger partial charge in [0.15, 0.2) is 0 Å². The van der Waals surface area contributed by atoms with E-state index in [1.165, 1.54) is 44.9 Å². The molecule has 0 heterocycles. The third kappa shape index (κ3) is 3.76. The molecule has 1 saturated carbocycles. The van der Waals surface area contributed by atoms with Crippen LogP contribution < -0.4 is 0 Å². The van der Waals surface area contributed by atoms with Gasteiger partial charge >= 0.3 is 0 Å². The second kappa shape index (κ2) is 6.82. The molecule has 0 amide bonds. The number of rotatable bonds is 6. The van der Waals surface area contributed by atoms with Gasteiger partial charge in [-0.3, -0.25) is 0 Å². The van der Waals surface area contributed by atoms with Gasteiger partial charge in [0.1, 0.15) is 0 Å². The van der Waals surface area contributed by atoms with Crippen LogP contribution in [0.2, 0.25) is 0 Å². The lowest BCUT2D eigenvalue weighted by Crippen LogP contribution is -2.16. The molecule has 18 heavy (non-hydrogen) atoms. The average Bonchev–Trinajstić information content (AvgIpc) is 2.91. The minimum atomic E-state index is 0.212. The molecule has 0 aliphatic heterocycles. The Balaban J connectivity index is 1.89. The Bertz CT molecular complexity index is 321. The van der Waals surface area contributed by atoms with E-state index in [-0.39, 0.29) is 5.41 Å². The summed E-state index contributed by atoms with van der Waals surface area (Å²) in [7, 11) is 0. The van der Waals surface area contributed by atoms with Crippen LogP contribution in [0.3, 0.4) is 0 Å². The molecule has 0 saturated heterocycles. The number of unbranched alkanes of at least 4 members (excludes halogenated alkanes) is 1. The maximum atomic E-state index is 5.87. The van der Waals surface area contributed by atoms with Crippen molar-refractivity contribution >= 4 is 0 Å². The van der Waals surface area contributed by atoms with Crippen molar-refractivity contribution in [3.63, 3.8) is 0 Å². The van der Waals surface area contributed by atoms with Gasteiger partial charge in [-0.2, -0.15) is 0 Å². The van der Waals surface area contributed by atoms with E-state index in [1.54, 1.807) is 0 Å². The fourth-order valence-corrected chi connectivity index (χ4v) is 2.89. The zero-order valence-corrected chi connectivity index (χ0v) is 11.6. The second-order valence-electron chi connectivity index (χ2n) is 5.67. The molecule has 1 unspecified atom stereocenters. The monoisotopic (exact) mass is 246 g/mol. The largest absolute Gasteiger partial charge is 0.498 e. The number of ether oxygens (including phenoxy) is 1. The summed E-state index contributed by atoms with van der Waals surface area (Å²) in [5, 5.41) is 0. The fraction of sp³-hybridized carbons (Fsp3) is 0.647. The molecule has 0 aromatic rings. The van der Waals surface area contributed by atoms with Crippen molar-refractivity contribution in [2.75, 3.05) is 0 Å². The summed E-state index contributed by atoms with van der Waals surface area (Å²) < 4.78 is 5.87. The van der Waals surface area contributed by atoms with Crippen molar-refractivity contribution in [2.24, 2.45) is 5.41 Å².